The van der Waals surface area contributed by atoms with E-state index in [4.69, 9.17) is 0 Å². The highest BCUT2D eigenvalue weighted by Gasteiger charge is 2.12. The van der Waals surface area contributed by atoms with E-state index < -0.39 is 11.9 Å². The van der Waals surface area contributed by atoms with Crippen molar-refractivity contribution in [2.75, 3.05) is 6.61 Å². The summed E-state index contributed by atoms with van der Waals surface area (Å²) in [4.78, 5) is 15.6. The minimum Gasteiger partial charge on any atom is -0.394 e. The number of pyridine rings is 1. The molecule has 1 amide bonds. The summed E-state index contributed by atoms with van der Waals surface area (Å²) in [6.07, 6.45) is 6.25. The minimum absolute atomic E-state index is 0.202. The predicted molar refractivity (Wildman–Crippen MR) is 87.0 cm³/mol. The maximum absolute atomic E-state index is 13.0. The third-order valence-corrected chi connectivity index (χ3v) is 3.44. The number of aryl methyl sites for hydroxylation is 1. The van der Waals surface area contributed by atoms with Crippen molar-refractivity contribution in [3.63, 3.8) is 0 Å². The molecule has 0 aliphatic carbocycles. The lowest BCUT2D eigenvalue weighted by atomic mass is 10.0. The number of benzene rings is 1. The Morgan fingerprint density at radius 1 is 1.35 bits per heavy atom. The van der Waals surface area contributed by atoms with E-state index in [1.54, 1.807) is 0 Å². The molecule has 0 bridgehead atoms. The Bertz CT molecular complexity index is 684. The van der Waals surface area contributed by atoms with Crippen LogP contribution in [0.15, 0.2) is 48.8 Å². The zero-order valence-electron chi connectivity index (χ0n) is 12.9. The topological polar surface area (TPSA) is 62.2 Å². The van der Waals surface area contributed by atoms with Crippen molar-refractivity contribution >= 4 is 12.0 Å². The van der Waals surface area contributed by atoms with Gasteiger partial charge in [-0.3, -0.25) is 9.78 Å². The number of rotatable bonds is 6. The number of halogens is 1. The molecule has 2 rings (SSSR count). The van der Waals surface area contributed by atoms with Gasteiger partial charge in [0.15, 0.2) is 0 Å². The molecule has 23 heavy (non-hydrogen) atoms. The van der Waals surface area contributed by atoms with Gasteiger partial charge in [0.05, 0.1) is 18.8 Å². The molecular weight excluding hydrogens is 295 g/mol. The summed E-state index contributed by atoms with van der Waals surface area (Å²) in [6, 6.07) is 8.52. The third-order valence-electron chi connectivity index (χ3n) is 3.44. The van der Waals surface area contributed by atoms with Crippen molar-refractivity contribution in [1.82, 2.24) is 10.3 Å². The van der Waals surface area contributed by atoms with E-state index in [-0.39, 0.29) is 12.5 Å². The lowest BCUT2D eigenvalue weighted by molar-refractivity contribution is -0.117. The van der Waals surface area contributed by atoms with Crippen molar-refractivity contribution in [1.29, 1.82) is 0 Å². The van der Waals surface area contributed by atoms with Gasteiger partial charge in [-0.25, -0.2) is 4.39 Å². The van der Waals surface area contributed by atoms with Crippen LogP contribution in [0.1, 0.15) is 29.7 Å². The highest BCUT2D eigenvalue weighted by molar-refractivity contribution is 5.91. The highest BCUT2D eigenvalue weighted by atomic mass is 19.1. The van der Waals surface area contributed by atoms with Crippen LogP contribution in [0.5, 0.6) is 0 Å². The number of carbonyl (C=O) groups is 1. The molecule has 0 saturated carbocycles. The van der Waals surface area contributed by atoms with Crippen molar-refractivity contribution < 1.29 is 14.3 Å². The second-order valence-corrected chi connectivity index (χ2v) is 5.11. The van der Waals surface area contributed by atoms with Gasteiger partial charge in [0, 0.05) is 12.3 Å². The van der Waals surface area contributed by atoms with Crippen LogP contribution >= 0.6 is 0 Å². The number of aliphatic hydroxyl groups is 1. The molecule has 1 atom stereocenters. The van der Waals surface area contributed by atoms with Gasteiger partial charge in [0.1, 0.15) is 5.82 Å². The van der Waals surface area contributed by atoms with E-state index in [9.17, 15) is 14.3 Å². The predicted octanol–water partition coefficient (Wildman–Crippen LogP) is 2.65. The summed E-state index contributed by atoms with van der Waals surface area (Å²) >= 11 is 0. The number of nitrogens with zero attached hydrogens (tertiary/aromatic N) is 1. The summed E-state index contributed by atoms with van der Waals surface area (Å²) < 4.78 is 13.0. The smallest absolute Gasteiger partial charge is 0.244 e. The average Bonchev–Trinajstić information content (AvgIpc) is 2.58. The minimum atomic E-state index is -0.483. The quantitative estimate of drug-likeness (QED) is 0.806. The van der Waals surface area contributed by atoms with E-state index in [2.05, 4.69) is 17.2 Å². The number of hydrogen-bond acceptors (Lipinski definition) is 3. The van der Waals surface area contributed by atoms with E-state index >= 15 is 0 Å². The number of hydrogen-bond donors (Lipinski definition) is 2. The lowest BCUT2D eigenvalue weighted by Gasteiger charge is -2.16. The average molecular weight is 314 g/mol. The van der Waals surface area contributed by atoms with Gasteiger partial charge in [-0.15, -0.1) is 0 Å². The molecule has 0 radical (unpaired) electrons. The number of aromatic nitrogens is 1. The standard InChI is InChI=1S/C18H19FN2O2/c1-2-13-3-6-15(7-4-13)17(12-22)21-18(23)8-5-14-9-16(19)11-20-10-14/h3-11,17,22H,2,12H2,1H3,(H,21,23)/b8-5+. The molecule has 120 valence electrons. The molecule has 1 unspecified atom stereocenters. The van der Waals surface area contributed by atoms with Crippen molar-refractivity contribution in [2.24, 2.45) is 0 Å². The van der Waals surface area contributed by atoms with Gasteiger partial charge in [0.25, 0.3) is 0 Å². The first-order valence-electron chi connectivity index (χ1n) is 7.41. The molecular formula is C18H19FN2O2. The Hall–Kier alpha value is -2.53. The van der Waals surface area contributed by atoms with Gasteiger partial charge in [-0.2, -0.15) is 0 Å². The molecule has 5 heteroatoms. The van der Waals surface area contributed by atoms with Gasteiger partial charge in [-0.1, -0.05) is 31.2 Å². The van der Waals surface area contributed by atoms with E-state index in [1.165, 1.54) is 30.0 Å². The largest absolute Gasteiger partial charge is 0.394 e. The molecule has 0 aliphatic heterocycles. The van der Waals surface area contributed by atoms with Gasteiger partial charge < -0.3 is 10.4 Å². The van der Waals surface area contributed by atoms with Crippen molar-refractivity contribution in [3.05, 3.63) is 71.3 Å². The molecule has 1 heterocycles. The molecule has 0 fully saturated rings. The molecule has 4 nitrogen and oxygen atoms in total. The molecule has 1 aromatic carbocycles. The first-order chi connectivity index (χ1) is 11.1. The summed E-state index contributed by atoms with van der Waals surface area (Å²) in [5, 5.41) is 12.2. The number of amides is 1. The second kappa shape index (κ2) is 8.19. The zero-order valence-corrected chi connectivity index (χ0v) is 12.9. The van der Waals surface area contributed by atoms with Crippen molar-refractivity contribution in [3.8, 4) is 0 Å². The van der Waals surface area contributed by atoms with Crippen LogP contribution in [0.2, 0.25) is 0 Å². The van der Waals surface area contributed by atoms with Crippen LogP contribution in [-0.4, -0.2) is 22.6 Å². The SMILES string of the molecule is CCc1ccc(C(CO)NC(=O)/C=C/c2cncc(F)c2)cc1. The van der Waals surface area contributed by atoms with Crippen LogP contribution in [0.4, 0.5) is 4.39 Å². The maximum atomic E-state index is 13.0. The first kappa shape index (κ1) is 16.8. The van der Waals surface area contributed by atoms with Gasteiger partial charge >= 0.3 is 0 Å². The second-order valence-electron chi connectivity index (χ2n) is 5.11. The van der Waals surface area contributed by atoms with Gasteiger partial charge in [0.2, 0.25) is 5.91 Å². The zero-order chi connectivity index (χ0) is 16.7. The summed E-state index contributed by atoms with van der Waals surface area (Å²) in [5.74, 6) is -0.829. The number of aliphatic hydroxyl groups excluding tert-OH is 1. The fourth-order valence-corrected chi connectivity index (χ4v) is 2.13. The number of carbonyl (C=O) groups excluding carboxylic acids is 1. The van der Waals surface area contributed by atoms with Gasteiger partial charge in [-0.05, 0) is 35.3 Å². The van der Waals surface area contributed by atoms with E-state index in [0.717, 1.165) is 18.2 Å². The van der Waals surface area contributed by atoms with Crippen LogP contribution in [0.3, 0.4) is 0 Å². The molecule has 0 saturated heterocycles. The molecule has 0 spiro atoms. The van der Waals surface area contributed by atoms with Crippen molar-refractivity contribution in [2.45, 2.75) is 19.4 Å². The maximum Gasteiger partial charge on any atom is 0.244 e. The summed E-state index contributed by atoms with van der Waals surface area (Å²) in [6.45, 7) is 1.86. The summed E-state index contributed by atoms with van der Waals surface area (Å²) in [7, 11) is 0. The Morgan fingerprint density at radius 2 is 2.09 bits per heavy atom. The normalized spacial score (nSPS) is 12.3. The lowest BCUT2D eigenvalue weighted by Crippen LogP contribution is -2.29. The molecule has 2 N–H and O–H groups in total. The Morgan fingerprint density at radius 3 is 2.70 bits per heavy atom. The van der Waals surface area contributed by atoms with Crippen LogP contribution < -0.4 is 5.32 Å². The fourth-order valence-electron chi connectivity index (χ4n) is 2.13. The molecule has 0 aliphatic rings. The monoisotopic (exact) mass is 314 g/mol. The van der Waals surface area contributed by atoms with E-state index in [1.807, 2.05) is 24.3 Å². The molecule has 1 aromatic heterocycles. The fraction of sp³-hybridized carbons (Fsp3) is 0.222. The Labute approximate surface area is 134 Å². The first-order valence-corrected chi connectivity index (χ1v) is 7.41. The van der Waals surface area contributed by atoms with Crippen LogP contribution in [0, 0.1) is 5.82 Å². The summed E-state index contributed by atoms with van der Waals surface area (Å²) in [5.41, 5.74) is 2.52. The Balaban J connectivity index is 2.01. The third kappa shape index (κ3) is 5.00. The molecule has 2 aromatic rings. The van der Waals surface area contributed by atoms with E-state index in [0.29, 0.717) is 5.56 Å². The van der Waals surface area contributed by atoms with Crippen LogP contribution in [0.25, 0.3) is 6.08 Å². The highest BCUT2D eigenvalue weighted by Crippen LogP contribution is 2.14. The van der Waals surface area contributed by atoms with Crippen LogP contribution in [-0.2, 0) is 11.2 Å². The Kier molecular flexibility index (Phi) is 6.00. The number of nitrogens with one attached hydrogen (secondary N) is 1.